The molecule has 2 rings (SSSR count). The van der Waals surface area contributed by atoms with Gasteiger partial charge in [-0.25, -0.2) is 0 Å². The summed E-state index contributed by atoms with van der Waals surface area (Å²) in [6.45, 7) is 1.45. The van der Waals surface area contributed by atoms with Crippen LogP contribution in [-0.4, -0.2) is 5.97 Å². The van der Waals surface area contributed by atoms with Crippen LogP contribution >= 0.6 is 8.15 Å². The zero-order valence-corrected chi connectivity index (χ0v) is 13.4. The molecule has 0 aliphatic carbocycles. The third kappa shape index (κ3) is 4.22. The van der Waals surface area contributed by atoms with Crippen molar-refractivity contribution < 1.29 is 40.3 Å². The molecule has 88 valence electrons. The predicted octanol–water partition coefficient (Wildman–Crippen LogP) is -0.286. The van der Waals surface area contributed by atoms with E-state index < -0.39 is 8.15 Å². The van der Waals surface area contributed by atoms with Gasteiger partial charge in [-0.05, 0) is 0 Å². The van der Waals surface area contributed by atoms with Crippen LogP contribution in [0.1, 0.15) is 8.35 Å². The van der Waals surface area contributed by atoms with E-state index in [4.69, 9.17) is 4.52 Å². The Labute approximate surface area is 132 Å². The van der Waals surface area contributed by atoms with Crippen molar-refractivity contribution in [2.45, 2.75) is 6.92 Å². The third-order valence-electron chi connectivity index (χ3n) is 2.20. The number of carbonyl (C=O) groups is 1. The summed E-state index contributed by atoms with van der Waals surface area (Å²) in [7, 11) is -1.04. The van der Waals surface area contributed by atoms with Gasteiger partial charge >= 0.3 is 35.5 Å². The topological polar surface area (TPSA) is 26.3 Å². The quantitative estimate of drug-likeness (QED) is 0.565. The average Bonchev–Trinajstić information content (AvgIpc) is 2.38. The summed E-state index contributed by atoms with van der Waals surface area (Å²) in [5.41, 5.74) is 0. The Bertz CT molecular complexity index is 454. The first-order chi connectivity index (χ1) is 8.27. The first-order valence-electron chi connectivity index (χ1n) is 5.36. The Morgan fingerprint density at radius 1 is 0.944 bits per heavy atom. The van der Waals surface area contributed by atoms with Gasteiger partial charge in [0.05, 0.1) is 0 Å². The zero-order valence-electron chi connectivity index (χ0n) is 11.5. The summed E-state index contributed by atoms with van der Waals surface area (Å²) in [4.78, 5) is 11.2. The van der Waals surface area contributed by atoms with Crippen LogP contribution in [0.2, 0.25) is 0 Å². The molecule has 0 radical (unpaired) electrons. The van der Waals surface area contributed by atoms with E-state index in [1.54, 1.807) is 0 Å². The van der Waals surface area contributed by atoms with E-state index in [9.17, 15) is 4.79 Å². The van der Waals surface area contributed by atoms with Crippen LogP contribution in [0, 0.1) is 0 Å². The van der Waals surface area contributed by atoms with Gasteiger partial charge in [-0.1, -0.05) is 60.7 Å². The van der Waals surface area contributed by atoms with Crippen molar-refractivity contribution in [2.75, 3.05) is 0 Å². The normalized spacial score (nSPS) is 9.67. The van der Waals surface area contributed by atoms with Gasteiger partial charge in [-0.3, -0.25) is 4.79 Å². The van der Waals surface area contributed by atoms with E-state index in [0.29, 0.717) is 0 Å². The van der Waals surface area contributed by atoms with Crippen molar-refractivity contribution >= 4 is 24.7 Å². The largest absolute Gasteiger partial charge is 1.00 e. The zero-order chi connectivity index (χ0) is 12.1. The van der Waals surface area contributed by atoms with Crippen molar-refractivity contribution in [3.05, 3.63) is 60.7 Å². The first-order valence-corrected chi connectivity index (χ1v) is 6.62. The van der Waals surface area contributed by atoms with Gasteiger partial charge in [0.2, 0.25) is 0 Å². The second-order valence-corrected chi connectivity index (χ2v) is 5.35. The molecular weight excluding hydrogens is 254 g/mol. The molecule has 2 nitrogen and oxygen atoms in total. The number of carbonyl (C=O) groups excluding carboxylic acids is 1. The summed E-state index contributed by atoms with van der Waals surface area (Å²) >= 11 is 0. The molecule has 0 N–H and O–H groups in total. The summed E-state index contributed by atoms with van der Waals surface area (Å²) < 4.78 is 5.45. The molecule has 18 heavy (non-hydrogen) atoms. The molecule has 0 saturated heterocycles. The third-order valence-corrected chi connectivity index (χ3v) is 4.18. The Morgan fingerprint density at radius 3 is 1.67 bits per heavy atom. The minimum atomic E-state index is -1.04. The second kappa shape index (κ2) is 7.70. The maximum Gasteiger partial charge on any atom is 1.00 e. The molecule has 0 fully saturated rings. The molecule has 2 aromatic rings. The van der Waals surface area contributed by atoms with Crippen LogP contribution in [0.4, 0.5) is 0 Å². The second-order valence-electron chi connectivity index (χ2n) is 3.55. The Morgan fingerprint density at radius 2 is 1.33 bits per heavy atom. The minimum Gasteiger partial charge on any atom is -1.00 e. The summed E-state index contributed by atoms with van der Waals surface area (Å²) in [6.07, 6.45) is 0. The molecule has 0 heterocycles. The summed E-state index contributed by atoms with van der Waals surface area (Å²) in [6, 6.07) is 19.7. The van der Waals surface area contributed by atoms with Crippen LogP contribution in [0.25, 0.3) is 0 Å². The van der Waals surface area contributed by atoms with Crippen molar-refractivity contribution in [3.8, 4) is 0 Å². The van der Waals surface area contributed by atoms with Gasteiger partial charge in [-0.15, -0.1) is 0 Å². The fraction of sp³-hybridized carbons (Fsp3) is 0.0714. The fourth-order valence-corrected chi connectivity index (χ4v) is 3.16. The molecule has 0 aliphatic rings. The molecule has 0 saturated carbocycles. The minimum absolute atomic E-state index is 0. The van der Waals surface area contributed by atoms with E-state index in [1.165, 1.54) is 6.92 Å². The van der Waals surface area contributed by atoms with Gasteiger partial charge in [-0.2, -0.15) is 0 Å². The molecule has 0 unspecified atom stereocenters. The Balaban J connectivity index is 0.00000162. The smallest absolute Gasteiger partial charge is 1.00 e. The van der Waals surface area contributed by atoms with Gasteiger partial charge in [0.25, 0.3) is 0 Å². The van der Waals surface area contributed by atoms with Gasteiger partial charge < -0.3 is 5.95 Å². The van der Waals surface area contributed by atoms with E-state index in [-0.39, 0.29) is 37.0 Å². The average molecular weight is 268 g/mol. The molecule has 0 atom stereocenters. The van der Waals surface area contributed by atoms with Crippen molar-refractivity contribution in [1.82, 2.24) is 0 Å². The molecule has 0 amide bonds. The summed E-state index contributed by atoms with van der Waals surface area (Å²) in [5.74, 6) is -0.246. The van der Waals surface area contributed by atoms with Gasteiger partial charge in [0.15, 0.2) is 8.15 Å². The molecule has 2 aromatic carbocycles. The number of hydrogen-bond acceptors (Lipinski definition) is 2. The Kier molecular flexibility index (Phi) is 6.59. The van der Waals surface area contributed by atoms with Gasteiger partial charge in [0.1, 0.15) is 0 Å². The van der Waals surface area contributed by atoms with Crippen molar-refractivity contribution in [2.24, 2.45) is 0 Å². The first kappa shape index (κ1) is 15.4. The SMILES string of the molecule is CC(=O)OP(c1ccccc1)c1ccccc1.[H-].[Na+]. The molecular formula is C14H14NaO2P. The standard InChI is InChI=1S/C14H13O2P.Na.H/c1-12(15)16-17(13-8-4-2-5-9-13)14-10-6-3-7-11-14;;/h2-11H,1H3;;/q;+1;-1. The Hall–Kier alpha value is -0.660. The monoisotopic (exact) mass is 268 g/mol. The van der Waals surface area contributed by atoms with E-state index in [1.807, 2.05) is 60.7 Å². The number of benzene rings is 2. The van der Waals surface area contributed by atoms with Crippen LogP contribution in [0.3, 0.4) is 0 Å². The van der Waals surface area contributed by atoms with Crippen LogP contribution in [-0.2, 0) is 9.32 Å². The molecule has 0 bridgehead atoms. The predicted molar refractivity (Wildman–Crippen MR) is 72.0 cm³/mol. The molecule has 4 heteroatoms. The van der Waals surface area contributed by atoms with Crippen molar-refractivity contribution in [1.29, 1.82) is 0 Å². The maximum absolute atomic E-state index is 11.2. The molecule has 0 aliphatic heterocycles. The van der Waals surface area contributed by atoms with Crippen LogP contribution in [0.15, 0.2) is 60.7 Å². The number of hydrogen-bond donors (Lipinski definition) is 0. The molecule has 0 spiro atoms. The fourth-order valence-electron chi connectivity index (χ4n) is 1.51. The number of rotatable bonds is 3. The van der Waals surface area contributed by atoms with Crippen LogP contribution in [0.5, 0.6) is 0 Å². The van der Waals surface area contributed by atoms with E-state index >= 15 is 0 Å². The molecule has 0 aromatic heterocycles. The summed E-state index contributed by atoms with van der Waals surface area (Å²) in [5, 5.41) is 2.09. The van der Waals surface area contributed by atoms with Crippen LogP contribution < -0.4 is 40.2 Å². The van der Waals surface area contributed by atoms with Crippen molar-refractivity contribution in [3.63, 3.8) is 0 Å². The van der Waals surface area contributed by atoms with E-state index in [0.717, 1.165) is 10.6 Å². The van der Waals surface area contributed by atoms with Gasteiger partial charge in [0, 0.05) is 17.5 Å². The maximum atomic E-state index is 11.2. The van der Waals surface area contributed by atoms with E-state index in [2.05, 4.69) is 0 Å².